The number of tetrazole rings is 1. The molecule has 13 heteroatoms. The van der Waals surface area contributed by atoms with Crippen LogP contribution in [-0.2, 0) is 15.3 Å². The molecule has 0 saturated heterocycles. The Labute approximate surface area is 274 Å². The molecule has 2 heterocycles. The van der Waals surface area contributed by atoms with Crippen LogP contribution in [0, 0.1) is 13.8 Å². The number of para-hydroxylation sites is 1. The number of amides is 1. The fraction of sp³-hybridized carbons (Fsp3) is 0.176. The number of esters is 1. The number of fused-ring (bicyclic) bond motifs is 1. The maximum absolute atomic E-state index is 13.2. The highest BCUT2D eigenvalue weighted by atomic mass is 32.2. The van der Waals surface area contributed by atoms with Crippen LogP contribution in [0.5, 0.6) is 17.4 Å². The molecule has 238 valence electrons. The number of hydrogen-bond donors (Lipinski definition) is 2. The third-order valence-electron chi connectivity index (χ3n) is 7.47. The number of nitrogens with zero attached hydrogens (tertiary/aromatic N) is 6. The molecule has 0 radical (unpaired) electrons. The van der Waals surface area contributed by atoms with Gasteiger partial charge in [0.25, 0.3) is 5.91 Å². The van der Waals surface area contributed by atoms with Gasteiger partial charge in [0, 0.05) is 28.6 Å². The van der Waals surface area contributed by atoms with Crippen molar-refractivity contribution in [2.75, 3.05) is 13.7 Å². The highest BCUT2D eigenvalue weighted by Crippen LogP contribution is 2.41. The number of ether oxygens (including phenoxy) is 2. The first kappa shape index (κ1) is 31.3. The molecule has 2 N–H and O–H groups in total. The molecule has 12 nitrogen and oxygen atoms in total. The fourth-order valence-electron chi connectivity index (χ4n) is 4.97. The Morgan fingerprint density at radius 3 is 2.36 bits per heavy atom. The van der Waals surface area contributed by atoms with Crippen LogP contribution in [0.2, 0.25) is 0 Å². The number of rotatable bonds is 11. The van der Waals surface area contributed by atoms with E-state index in [0.717, 1.165) is 28.2 Å². The second kappa shape index (κ2) is 13.7. The van der Waals surface area contributed by atoms with Gasteiger partial charge in [-0.05, 0) is 54.6 Å². The second-order valence-corrected chi connectivity index (χ2v) is 11.6. The van der Waals surface area contributed by atoms with Crippen molar-refractivity contribution in [2.24, 2.45) is 0 Å². The van der Waals surface area contributed by atoms with E-state index in [0.29, 0.717) is 33.3 Å². The number of nitrogens with one attached hydrogen (secondary N) is 1. The second-order valence-electron chi connectivity index (χ2n) is 10.6. The van der Waals surface area contributed by atoms with E-state index in [1.807, 2.05) is 80.6 Å². The van der Waals surface area contributed by atoms with E-state index in [9.17, 15) is 14.7 Å². The zero-order valence-electron chi connectivity index (χ0n) is 25.9. The average Bonchev–Trinajstić information content (AvgIpc) is 3.69. The largest absolute Gasteiger partial charge is 0.506 e. The molecule has 4 aromatic carbocycles. The van der Waals surface area contributed by atoms with Crippen molar-refractivity contribution >= 4 is 34.4 Å². The highest BCUT2D eigenvalue weighted by Gasteiger charge is 2.24. The van der Waals surface area contributed by atoms with Gasteiger partial charge in [0.15, 0.2) is 0 Å². The Balaban J connectivity index is 1.41. The lowest BCUT2D eigenvalue weighted by Crippen LogP contribution is -2.26. The average molecular weight is 650 g/mol. The highest BCUT2D eigenvalue weighted by molar-refractivity contribution is 7.98. The fourth-order valence-corrected chi connectivity index (χ4v) is 5.94. The summed E-state index contributed by atoms with van der Waals surface area (Å²) in [6, 6.07) is 26.1. The Hall–Kier alpha value is -5.69. The van der Waals surface area contributed by atoms with Gasteiger partial charge in [0.2, 0.25) is 11.0 Å². The lowest BCUT2D eigenvalue weighted by molar-refractivity contribution is -0.140. The number of phenols is 1. The molecule has 0 aliphatic rings. The predicted octanol–water partition coefficient (Wildman–Crippen LogP) is 5.70. The molecule has 6 rings (SSSR count). The van der Waals surface area contributed by atoms with Crippen molar-refractivity contribution in [1.29, 1.82) is 0 Å². The number of benzene rings is 4. The minimum Gasteiger partial charge on any atom is -0.506 e. The van der Waals surface area contributed by atoms with Gasteiger partial charge in [0.1, 0.15) is 11.5 Å². The molecule has 0 saturated carbocycles. The van der Waals surface area contributed by atoms with E-state index in [4.69, 9.17) is 9.84 Å². The maximum Gasteiger partial charge on any atom is 0.307 e. The molecule has 0 fully saturated rings. The summed E-state index contributed by atoms with van der Waals surface area (Å²) in [5.74, 6) is -0.0310. The van der Waals surface area contributed by atoms with Gasteiger partial charge < -0.3 is 19.9 Å². The van der Waals surface area contributed by atoms with Gasteiger partial charge in [-0.3, -0.25) is 9.59 Å². The van der Waals surface area contributed by atoms with Gasteiger partial charge in [-0.25, -0.2) is 4.68 Å². The molecule has 0 bridgehead atoms. The molecular weight excluding hydrogens is 618 g/mol. The normalized spacial score (nSPS) is 11.0. The third-order valence-corrected chi connectivity index (χ3v) is 8.42. The standard InChI is InChI=1S/C34H31N7O5S/c1-21-13-15-24(16-14-21)40-33(28(22(2)37-40)20-47-34-36-38-39-41(34)23-9-5-4-6-10-23)46-29-19-27(32(44)35-18-17-30(42)45-3)31(43)26-12-8-7-11-25(26)29/h4-16,19,43H,17-18,20H2,1-3H3,(H,35,44). The molecular formula is C34H31N7O5S. The number of aryl methyl sites for hydroxylation is 2. The van der Waals surface area contributed by atoms with Gasteiger partial charge in [-0.2, -0.15) is 9.78 Å². The van der Waals surface area contributed by atoms with Crippen LogP contribution in [0.4, 0.5) is 0 Å². The van der Waals surface area contributed by atoms with Crippen LogP contribution in [0.1, 0.15) is 33.6 Å². The van der Waals surface area contributed by atoms with Crippen molar-refractivity contribution in [1.82, 2.24) is 35.3 Å². The number of aromatic hydroxyl groups is 1. The van der Waals surface area contributed by atoms with E-state index >= 15 is 0 Å². The Kier molecular flexibility index (Phi) is 9.16. The first-order valence-corrected chi connectivity index (χ1v) is 15.7. The summed E-state index contributed by atoms with van der Waals surface area (Å²) >= 11 is 1.43. The molecule has 0 atom stereocenters. The minimum absolute atomic E-state index is 0.000323. The van der Waals surface area contributed by atoms with Crippen molar-refractivity contribution < 1.29 is 24.2 Å². The first-order chi connectivity index (χ1) is 22.8. The summed E-state index contributed by atoms with van der Waals surface area (Å²) in [7, 11) is 1.28. The SMILES string of the molecule is COC(=O)CCNC(=O)c1cc(Oc2c(CSc3nnnn3-c3ccccc3)c(C)nn2-c2ccc(C)cc2)c2ccccc2c1O. The number of carbonyl (C=O) groups excluding carboxylic acids is 2. The molecule has 2 aromatic heterocycles. The summed E-state index contributed by atoms with van der Waals surface area (Å²) < 4.78 is 14.8. The van der Waals surface area contributed by atoms with Crippen LogP contribution in [0.15, 0.2) is 90.1 Å². The molecule has 0 aliphatic heterocycles. The number of methoxy groups -OCH3 is 1. The lowest BCUT2D eigenvalue weighted by Gasteiger charge is -2.16. The lowest BCUT2D eigenvalue weighted by atomic mass is 10.0. The smallest absolute Gasteiger partial charge is 0.307 e. The van der Waals surface area contributed by atoms with Crippen molar-refractivity contribution in [3.05, 3.63) is 107 Å². The van der Waals surface area contributed by atoms with Crippen LogP contribution >= 0.6 is 11.8 Å². The van der Waals surface area contributed by atoms with E-state index in [2.05, 4.69) is 25.6 Å². The molecule has 0 spiro atoms. The van der Waals surface area contributed by atoms with Crippen molar-refractivity contribution in [3.8, 4) is 28.8 Å². The van der Waals surface area contributed by atoms with E-state index in [1.54, 1.807) is 21.5 Å². The maximum atomic E-state index is 13.2. The van der Waals surface area contributed by atoms with Crippen molar-refractivity contribution in [2.45, 2.75) is 31.2 Å². The third kappa shape index (κ3) is 6.65. The number of thioether (sulfide) groups is 1. The zero-order chi connectivity index (χ0) is 32.9. The Bertz CT molecular complexity index is 2060. The summed E-state index contributed by atoms with van der Waals surface area (Å²) in [6.45, 7) is 3.95. The van der Waals surface area contributed by atoms with Crippen LogP contribution in [0.3, 0.4) is 0 Å². The van der Waals surface area contributed by atoms with Gasteiger partial charge >= 0.3 is 5.97 Å². The minimum atomic E-state index is -0.561. The van der Waals surface area contributed by atoms with Gasteiger partial charge in [-0.1, -0.05) is 71.9 Å². The van der Waals surface area contributed by atoms with E-state index in [1.165, 1.54) is 24.9 Å². The monoisotopic (exact) mass is 649 g/mol. The first-order valence-electron chi connectivity index (χ1n) is 14.7. The predicted molar refractivity (Wildman–Crippen MR) is 176 cm³/mol. The van der Waals surface area contributed by atoms with E-state index in [-0.39, 0.29) is 24.3 Å². The molecule has 47 heavy (non-hydrogen) atoms. The van der Waals surface area contributed by atoms with Gasteiger partial charge in [0.05, 0.1) is 36.2 Å². The number of phenolic OH excluding ortho intramolecular Hbond substituents is 1. The number of aromatic nitrogens is 6. The van der Waals surface area contributed by atoms with Crippen LogP contribution in [0.25, 0.3) is 22.1 Å². The summed E-state index contributed by atoms with van der Waals surface area (Å²) in [4.78, 5) is 24.8. The van der Waals surface area contributed by atoms with E-state index < -0.39 is 11.9 Å². The molecule has 1 amide bonds. The van der Waals surface area contributed by atoms with Gasteiger partial charge in [-0.15, -0.1) is 5.10 Å². The molecule has 6 aromatic rings. The molecule has 0 unspecified atom stereocenters. The number of carbonyl (C=O) groups is 2. The Morgan fingerprint density at radius 2 is 1.62 bits per heavy atom. The quantitative estimate of drug-likeness (QED) is 0.132. The van der Waals surface area contributed by atoms with Crippen molar-refractivity contribution in [3.63, 3.8) is 0 Å². The summed E-state index contributed by atoms with van der Waals surface area (Å²) in [5, 5.41) is 32.6. The number of hydrogen-bond acceptors (Lipinski definition) is 10. The zero-order valence-corrected chi connectivity index (χ0v) is 26.7. The van der Waals surface area contributed by atoms with Crippen LogP contribution < -0.4 is 10.1 Å². The Morgan fingerprint density at radius 1 is 0.915 bits per heavy atom. The molecule has 0 aliphatic carbocycles. The van der Waals surface area contributed by atoms with Crippen LogP contribution in [-0.4, -0.2) is 60.6 Å². The topological polar surface area (TPSA) is 146 Å². The summed E-state index contributed by atoms with van der Waals surface area (Å²) in [6.07, 6.45) is -0.0104. The summed E-state index contributed by atoms with van der Waals surface area (Å²) in [5.41, 5.74) is 4.23.